The van der Waals surface area contributed by atoms with Gasteiger partial charge in [0.1, 0.15) is 18.2 Å². The van der Waals surface area contributed by atoms with E-state index in [9.17, 15) is 24.3 Å². The Morgan fingerprint density at radius 1 is 1.12 bits per heavy atom. The Balaban J connectivity index is 1.68. The number of ether oxygens (including phenoxy) is 2. The fourth-order valence-corrected chi connectivity index (χ4v) is 5.23. The summed E-state index contributed by atoms with van der Waals surface area (Å²) in [5, 5.41) is 12.6. The van der Waals surface area contributed by atoms with Crippen molar-refractivity contribution in [3.63, 3.8) is 0 Å². The molecule has 0 aliphatic carbocycles. The summed E-state index contributed by atoms with van der Waals surface area (Å²) in [4.78, 5) is 54.4. The average molecular weight is 570 g/mol. The van der Waals surface area contributed by atoms with E-state index in [4.69, 9.17) is 9.47 Å². The zero-order valence-electron chi connectivity index (χ0n) is 24.8. The number of carboxylic acid groups (broad SMARTS) is 1. The summed E-state index contributed by atoms with van der Waals surface area (Å²) in [6.07, 6.45) is 2.69. The molecule has 3 atom stereocenters. The van der Waals surface area contributed by atoms with Crippen LogP contribution in [-0.2, 0) is 38.6 Å². The lowest BCUT2D eigenvalue weighted by atomic mass is 9.85. The van der Waals surface area contributed by atoms with E-state index in [2.05, 4.69) is 18.5 Å². The molecule has 0 radical (unpaired) electrons. The average Bonchev–Trinajstić information content (AvgIpc) is 3.51. The number of hydrogen-bond donors (Lipinski definition) is 2. The number of amides is 3. The van der Waals surface area contributed by atoms with Gasteiger partial charge in [-0.3, -0.25) is 9.69 Å². The molecule has 0 aromatic heterocycles. The predicted octanol–water partition coefficient (Wildman–Crippen LogP) is 4.66. The summed E-state index contributed by atoms with van der Waals surface area (Å²) in [6.45, 7) is 17.5. The molecule has 1 saturated heterocycles. The number of alkyl carbamates (subject to hydrolysis) is 1. The third-order valence-electron chi connectivity index (χ3n) is 7.47. The SMILES string of the molecule is C=CCc1cccc2c1CN(C(=O)O[C@@H]1CC(C(=O)O)N(C(=O)[C@@H](NC(=O)OCC(C)(C)CC=C)C(C)(C)C)C1)C2. The fraction of sp³-hybridized carbons (Fsp3) is 0.548. The molecule has 224 valence electrons. The van der Waals surface area contributed by atoms with Crippen molar-refractivity contribution in [1.82, 2.24) is 15.1 Å². The second kappa shape index (κ2) is 12.8. The molecule has 0 bridgehead atoms. The molecule has 1 aromatic carbocycles. The molecular weight excluding hydrogens is 526 g/mol. The van der Waals surface area contributed by atoms with Gasteiger partial charge in [-0.05, 0) is 34.9 Å². The molecule has 10 nitrogen and oxygen atoms in total. The number of fused-ring (bicyclic) bond motifs is 1. The molecule has 0 saturated carbocycles. The van der Waals surface area contributed by atoms with E-state index in [1.54, 1.807) is 31.7 Å². The molecule has 10 heteroatoms. The lowest BCUT2D eigenvalue weighted by molar-refractivity contribution is -0.150. The number of carbonyl (C=O) groups excluding carboxylic acids is 3. The maximum Gasteiger partial charge on any atom is 0.410 e. The Morgan fingerprint density at radius 3 is 2.44 bits per heavy atom. The number of benzene rings is 1. The van der Waals surface area contributed by atoms with Crippen molar-refractivity contribution in [2.45, 2.75) is 85.2 Å². The number of allylic oxidation sites excluding steroid dienone is 2. The molecule has 3 amide bonds. The number of aliphatic carboxylic acids is 1. The number of nitrogens with zero attached hydrogens (tertiary/aromatic N) is 2. The number of nitrogens with one attached hydrogen (secondary N) is 1. The van der Waals surface area contributed by atoms with Gasteiger partial charge in [-0.25, -0.2) is 14.4 Å². The normalized spacial score (nSPS) is 19.2. The largest absolute Gasteiger partial charge is 0.480 e. The zero-order valence-corrected chi connectivity index (χ0v) is 24.8. The van der Waals surface area contributed by atoms with Crippen molar-refractivity contribution in [1.29, 1.82) is 0 Å². The van der Waals surface area contributed by atoms with Crippen LogP contribution in [0.1, 0.15) is 64.2 Å². The van der Waals surface area contributed by atoms with Crippen molar-refractivity contribution in [2.75, 3.05) is 13.2 Å². The first-order valence-corrected chi connectivity index (χ1v) is 13.9. The maximum atomic E-state index is 13.7. The standard InChI is InChI=1S/C31H43N3O7/c1-8-11-20-12-10-13-21-16-33(18-23(20)21)29(39)41-22-15-24(27(36)37)34(17-22)26(35)25(30(3,4)5)32-28(38)40-19-31(6,7)14-9-2/h8-10,12-13,22,24-25H,1-2,11,14-19H2,3-7H3,(H,32,38)(H,36,37)/t22-,24?,25-/m1/s1. The third kappa shape index (κ3) is 7.89. The highest BCUT2D eigenvalue weighted by Crippen LogP contribution is 2.30. The molecule has 2 aliphatic rings. The first-order chi connectivity index (χ1) is 19.2. The Labute approximate surface area is 242 Å². The number of carbonyl (C=O) groups is 4. The van der Waals surface area contributed by atoms with Gasteiger partial charge in [-0.15, -0.1) is 13.2 Å². The highest BCUT2D eigenvalue weighted by Gasteiger charge is 2.46. The summed E-state index contributed by atoms with van der Waals surface area (Å²) >= 11 is 0. The van der Waals surface area contributed by atoms with E-state index >= 15 is 0 Å². The van der Waals surface area contributed by atoms with Gasteiger partial charge in [0.25, 0.3) is 0 Å². The summed E-state index contributed by atoms with van der Waals surface area (Å²) in [7, 11) is 0. The van der Waals surface area contributed by atoms with E-state index in [1.807, 2.05) is 38.1 Å². The van der Waals surface area contributed by atoms with Crippen molar-refractivity contribution in [2.24, 2.45) is 10.8 Å². The molecule has 2 aliphatic heterocycles. The van der Waals surface area contributed by atoms with Gasteiger partial charge in [0.05, 0.1) is 13.2 Å². The zero-order chi connectivity index (χ0) is 30.5. The van der Waals surface area contributed by atoms with Crippen LogP contribution in [0, 0.1) is 10.8 Å². The second-order valence-corrected chi connectivity index (χ2v) is 12.7. The Morgan fingerprint density at radius 2 is 1.83 bits per heavy atom. The molecule has 1 aromatic rings. The van der Waals surface area contributed by atoms with Gasteiger partial charge >= 0.3 is 18.2 Å². The summed E-state index contributed by atoms with van der Waals surface area (Å²) in [5.74, 6) is -1.78. The number of rotatable bonds is 10. The van der Waals surface area contributed by atoms with E-state index in [-0.39, 0.29) is 25.0 Å². The smallest absolute Gasteiger partial charge is 0.410 e. The molecule has 1 unspecified atom stereocenters. The van der Waals surface area contributed by atoms with Gasteiger partial charge < -0.3 is 24.8 Å². The van der Waals surface area contributed by atoms with E-state index in [0.717, 1.165) is 16.7 Å². The van der Waals surface area contributed by atoms with Crippen LogP contribution < -0.4 is 5.32 Å². The van der Waals surface area contributed by atoms with E-state index in [1.165, 1.54) is 4.90 Å². The monoisotopic (exact) mass is 569 g/mol. The maximum absolute atomic E-state index is 13.7. The third-order valence-corrected chi connectivity index (χ3v) is 7.47. The van der Waals surface area contributed by atoms with Crippen molar-refractivity contribution < 1.29 is 33.8 Å². The molecule has 2 heterocycles. The van der Waals surface area contributed by atoms with Gasteiger partial charge in [-0.1, -0.05) is 65.0 Å². The lowest BCUT2D eigenvalue weighted by Gasteiger charge is -2.34. The lowest BCUT2D eigenvalue weighted by Crippen LogP contribution is -2.57. The number of likely N-dealkylation sites (tertiary alicyclic amines) is 1. The molecule has 3 rings (SSSR count). The van der Waals surface area contributed by atoms with Crippen LogP contribution in [-0.4, -0.2) is 70.3 Å². The second-order valence-electron chi connectivity index (χ2n) is 12.7. The first kappa shape index (κ1) is 31.7. The van der Waals surface area contributed by atoms with Gasteiger partial charge in [-0.2, -0.15) is 0 Å². The molecule has 1 fully saturated rings. The number of hydrogen-bond acceptors (Lipinski definition) is 6. The topological polar surface area (TPSA) is 125 Å². The van der Waals surface area contributed by atoms with Crippen LogP contribution in [0.4, 0.5) is 9.59 Å². The van der Waals surface area contributed by atoms with Crippen LogP contribution in [0.3, 0.4) is 0 Å². The minimum Gasteiger partial charge on any atom is -0.480 e. The molecule has 0 spiro atoms. The van der Waals surface area contributed by atoms with Crippen LogP contribution in [0.25, 0.3) is 0 Å². The Bertz CT molecular complexity index is 1190. The van der Waals surface area contributed by atoms with Crippen LogP contribution in [0.2, 0.25) is 0 Å². The highest BCUT2D eigenvalue weighted by molar-refractivity contribution is 5.90. The van der Waals surface area contributed by atoms with Crippen molar-refractivity contribution >= 4 is 24.1 Å². The molecular formula is C31H43N3O7. The Kier molecular flexibility index (Phi) is 9.89. The molecule has 41 heavy (non-hydrogen) atoms. The summed E-state index contributed by atoms with van der Waals surface area (Å²) < 4.78 is 11.1. The van der Waals surface area contributed by atoms with Gasteiger partial charge in [0.2, 0.25) is 5.91 Å². The molecule has 2 N–H and O–H groups in total. The van der Waals surface area contributed by atoms with E-state index in [0.29, 0.717) is 25.9 Å². The van der Waals surface area contributed by atoms with Gasteiger partial charge in [0, 0.05) is 24.9 Å². The minimum absolute atomic E-state index is 0.0492. The van der Waals surface area contributed by atoms with Gasteiger partial charge in [0.15, 0.2) is 0 Å². The van der Waals surface area contributed by atoms with Crippen LogP contribution in [0.15, 0.2) is 43.5 Å². The summed E-state index contributed by atoms with van der Waals surface area (Å²) in [6, 6.07) is 3.65. The first-order valence-electron chi connectivity index (χ1n) is 13.9. The van der Waals surface area contributed by atoms with Crippen LogP contribution in [0.5, 0.6) is 0 Å². The minimum atomic E-state index is -1.21. The fourth-order valence-electron chi connectivity index (χ4n) is 5.23. The highest BCUT2D eigenvalue weighted by atomic mass is 16.6. The quantitative estimate of drug-likeness (QED) is 0.393. The van der Waals surface area contributed by atoms with Crippen molar-refractivity contribution in [3.05, 3.63) is 60.2 Å². The summed E-state index contributed by atoms with van der Waals surface area (Å²) in [5.41, 5.74) is 2.11. The Hall–Kier alpha value is -3.82. The van der Waals surface area contributed by atoms with Crippen molar-refractivity contribution in [3.8, 4) is 0 Å². The predicted molar refractivity (Wildman–Crippen MR) is 154 cm³/mol. The van der Waals surface area contributed by atoms with E-state index < -0.39 is 47.7 Å². The van der Waals surface area contributed by atoms with Crippen LogP contribution >= 0.6 is 0 Å². The number of carboxylic acids is 1.